The highest BCUT2D eigenvalue weighted by Crippen LogP contribution is 2.30. The standard InChI is InChI=1S/C12H12F3N3O2/c13-12(14,15)8-3-1-2-7(4-8)9(16)6-18-10(19)5-17-11(18)20/h1-4,9H,5-6,16H2,(H,17,20). The monoisotopic (exact) mass is 287 g/mol. The molecule has 1 aromatic rings. The number of halogens is 3. The van der Waals surface area contributed by atoms with Gasteiger partial charge < -0.3 is 11.1 Å². The van der Waals surface area contributed by atoms with Crippen molar-refractivity contribution < 1.29 is 22.8 Å². The third kappa shape index (κ3) is 2.90. The van der Waals surface area contributed by atoms with Gasteiger partial charge in [0.2, 0.25) is 5.91 Å². The second-order valence-electron chi connectivity index (χ2n) is 4.39. The number of carbonyl (C=O) groups excluding carboxylic acids is 2. The molecule has 0 spiro atoms. The third-order valence-corrected chi connectivity index (χ3v) is 2.96. The van der Waals surface area contributed by atoms with Crippen molar-refractivity contribution in [2.45, 2.75) is 12.2 Å². The molecule has 108 valence electrons. The van der Waals surface area contributed by atoms with Crippen LogP contribution in [0.5, 0.6) is 0 Å². The summed E-state index contributed by atoms with van der Waals surface area (Å²) in [6.45, 7) is -0.278. The summed E-state index contributed by atoms with van der Waals surface area (Å²) in [5.74, 6) is -0.447. The second-order valence-corrected chi connectivity index (χ2v) is 4.39. The molecule has 3 N–H and O–H groups in total. The fourth-order valence-corrected chi connectivity index (χ4v) is 1.89. The maximum atomic E-state index is 12.6. The van der Waals surface area contributed by atoms with Gasteiger partial charge in [0, 0.05) is 12.6 Å². The Labute approximate surface area is 112 Å². The van der Waals surface area contributed by atoms with E-state index < -0.39 is 29.7 Å². The molecular weight excluding hydrogens is 275 g/mol. The number of nitrogens with zero attached hydrogens (tertiary/aromatic N) is 1. The lowest BCUT2D eigenvalue weighted by molar-refractivity contribution is -0.137. The van der Waals surface area contributed by atoms with E-state index in [1.165, 1.54) is 12.1 Å². The fourth-order valence-electron chi connectivity index (χ4n) is 1.89. The summed E-state index contributed by atoms with van der Waals surface area (Å²) in [5, 5.41) is 2.31. The molecule has 3 amide bonds. The summed E-state index contributed by atoms with van der Waals surface area (Å²) in [6.07, 6.45) is -4.46. The number of alkyl halides is 3. The van der Waals surface area contributed by atoms with Crippen molar-refractivity contribution in [3.05, 3.63) is 35.4 Å². The van der Waals surface area contributed by atoms with Crippen LogP contribution in [0.3, 0.4) is 0 Å². The molecule has 1 atom stereocenters. The summed E-state index contributed by atoms with van der Waals surface area (Å²) >= 11 is 0. The number of hydrogen-bond acceptors (Lipinski definition) is 3. The smallest absolute Gasteiger partial charge is 0.329 e. The summed E-state index contributed by atoms with van der Waals surface area (Å²) in [7, 11) is 0. The Bertz CT molecular complexity index is 529. The predicted molar refractivity (Wildman–Crippen MR) is 63.5 cm³/mol. The van der Waals surface area contributed by atoms with Crippen molar-refractivity contribution in [3.8, 4) is 0 Å². The molecule has 20 heavy (non-hydrogen) atoms. The molecule has 1 fully saturated rings. The van der Waals surface area contributed by atoms with E-state index in [0.29, 0.717) is 0 Å². The minimum Gasteiger partial charge on any atom is -0.329 e. The second kappa shape index (κ2) is 5.12. The molecule has 8 heteroatoms. The van der Waals surface area contributed by atoms with Gasteiger partial charge in [-0.05, 0) is 17.7 Å². The highest BCUT2D eigenvalue weighted by molar-refractivity contribution is 6.01. The average Bonchev–Trinajstić information content (AvgIpc) is 2.69. The number of rotatable bonds is 3. The summed E-state index contributed by atoms with van der Waals surface area (Å²) < 4.78 is 37.8. The van der Waals surface area contributed by atoms with E-state index in [9.17, 15) is 22.8 Å². The number of imide groups is 1. The number of hydrogen-bond donors (Lipinski definition) is 2. The maximum Gasteiger partial charge on any atom is 0.416 e. The van der Waals surface area contributed by atoms with Crippen LogP contribution in [0, 0.1) is 0 Å². The lowest BCUT2D eigenvalue weighted by atomic mass is 10.0. The molecule has 0 aliphatic carbocycles. The van der Waals surface area contributed by atoms with Gasteiger partial charge in [-0.15, -0.1) is 0 Å². The molecule has 0 aromatic heterocycles. The zero-order chi connectivity index (χ0) is 14.9. The van der Waals surface area contributed by atoms with Crippen LogP contribution < -0.4 is 11.1 Å². The Morgan fingerprint density at radius 1 is 1.35 bits per heavy atom. The Kier molecular flexibility index (Phi) is 3.67. The van der Waals surface area contributed by atoms with Crippen LogP contribution in [0.4, 0.5) is 18.0 Å². The topological polar surface area (TPSA) is 75.4 Å². The van der Waals surface area contributed by atoms with Crippen molar-refractivity contribution in [1.29, 1.82) is 0 Å². The summed E-state index contributed by atoms with van der Waals surface area (Å²) in [4.78, 5) is 23.6. The van der Waals surface area contributed by atoms with Crippen LogP contribution in [0.25, 0.3) is 0 Å². The zero-order valence-corrected chi connectivity index (χ0v) is 10.3. The van der Waals surface area contributed by atoms with Crippen LogP contribution in [0.1, 0.15) is 17.2 Å². The van der Waals surface area contributed by atoms with E-state index in [0.717, 1.165) is 17.0 Å². The van der Waals surface area contributed by atoms with E-state index in [4.69, 9.17) is 5.73 Å². The first-order valence-electron chi connectivity index (χ1n) is 5.80. The summed E-state index contributed by atoms with van der Waals surface area (Å²) in [5.41, 5.74) is 5.17. The van der Waals surface area contributed by atoms with E-state index in [-0.39, 0.29) is 18.7 Å². The maximum absolute atomic E-state index is 12.6. The highest BCUT2D eigenvalue weighted by Gasteiger charge is 2.32. The Morgan fingerprint density at radius 3 is 2.60 bits per heavy atom. The minimum absolute atomic E-state index is 0.117. The largest absolute Gasteiger partial charge is 0.416 e. The Hall–Kier alpha value is -2.09. The van der Waals surface area contributed by atoms with Crippen LogP contribution in [0.2, 0.25) is 0 Å². The van der Waals surface area contributed by atoms with Gasteiger partial charge in [0.05, 0.1) is 12.1 Å². The van der Waals surface area contributed by atoms with Crippen molar-refractivity contribution in [2.24, 2.45) is 5.73 Å². The normalized spacial score (nSPS) is 17.3. The van der Waals surface area contributed by atoms with E-state index >= 15 is 0 Å². The molecule has 1 aliphatic heterocycles. The van der Waals surface area contributed by atoms with Crippen molar-refractivity contribution in [2.75, 3.05) is 13.1 Å². The van der Waals surface area contributed by atoms with Crippen LogP contribution >= 0.6 is 0 Å². The van der Waals surface area contributed by atoms with E-state index in [2.05, 4.69) is 5.32 Å². The first-order chi connectivity index (χ1) is 9.29. The van der Waals surface area contributed by atoms with Gasteiger partial charge >= 0.3 is 12.2 Å². The number of benzene rings is 1. The minimum atomic E-state index is -4.46. The quantitative estimate of drug-likeness (QED) is 0.822. The molecule has 0 saturated carbocycles. The van der Waals surface area contributed by atoms with Crippen molar-refractivity contribution >= 4 is 11.9 Å². The third-order valence-electron chi connectivity index (χ3n) is 2.96. The molecule has 2 rings (SSSR count). The molecule has 5 nitrogen and oxygen atoms in total. The predicted octanol–water partition coefficient (Wildman–Crippen LogP) is 1.26. The van der Waals surface area contributed by atoms with Gasteiger partial charge in [0.25, 0.3) is 0 Å². The Balaban J connectivity index is 2.15. The number of nitrogens with one attached hydrogen (secondary N) is 1. The molecular formula is C12H12F3N3O2. The first kappa shape index (κ1) is 14.3. The van der Waals surface area contributed by atoms with Gasteiger partial charge in [-0.2, -0.15) is 13.2 Å². The SMILES string of the molecule is NC(CN1C(=O)CNC1=O)c1cccc(C(F)(F)F)c1. The zero-order valence-electron chi connectivity index (χ0n) is 10.3. The average molecular weight is 287 g/mol. The molecule has 1 aliphatic rings. The molecule has 1 aromatic carbocycles. The number of nitrogens with two attached hydrogens (primary N) is 1. The molecule has 1 unspecified atom stereocenters. The van der Waals surface area contributed by atoms with Crippen LogP contribution in [-0.2, 0) is 11.0 Å². The lowest BCUT2D eigenvalue weighted by Crippen LogP contribution is -2.37. The fraction of sp³-hybridized carbons (Fsp3) is 0.333. The molecule has 0 radical (unpaired) electrons. The molecule has 0 bridgehead atoms. The molecule has 1 heterocycles. The Morgan fingerprint density at radius 2 is 2.05 bits per heavy atom. The number of carbonyl (C=O) groups is 2. The van der Waals surface area contributed by atoms with Gasteiger partial charge in [0.15, 0.2) is 0 Å². The van der Waals surface area contributed by atoms with Gasteiger partial charge in [-0.1, -0.05) is 12.1 Å². The van der Waals surface area contributed by atoms with Crippen LogP contribution in [0.15, 0.2) is 24.3 Å². The van der Waals surface area contributed by atoms with Gasteiger partial charge in [-0.3, -0.25) is 9.69 Å². The van der Waals surface area contributed by atoms with E-state index in [1.54, 1.807) is 0 Å². The van der Waals surface area contributed by atoms with Crippen LogP contribution in [-0.4, -0.2) is 29.9 Å². The molecule has 1 saturated heterocycles. The van der Waals surface area contributed by atoms with Gasteiger partial charge in [0.1, 0.15) is 0 Å². The van der Waals surface area contributed by atoms with Crippen molar-refractivity contribution in [3.63, 3.8) is 0 Å². The number of amides is 3. The first-order valence-corrected chi connectivity index (χ1v) is 5.80. The number of urea groups is 1. The lowest BCUT2D eigenvalue weighted by Gasteiger charge is -2.19. The van der Waals surface area contributed by atoms with Crippen molar-refractivity contribution in [1.82, 2.24) is 10.2 Å². The summed E-state index contributed by atoms with van der Waals surface area (Å²) in [6, 6.07) is 3.07. The van der Waals surface area contributed by atoms with Gasteiger partial charge in [-0.25, -0.2) is 4.79 Å². The van der Waals surface area contributed by atoms with E-state index in [1.807, 2.05) is 0 Å². The highest BCUT2D eigenvalue weighted by atomic mass is 19.4.